The summed E-state index contributed by atoms with van der Waals surface area (Å²) in [7, 11) is 2.14. The third-order valence-electron chi connectivity index (χ3n) is 4.33. The van der Waals surface area contributed by atoms with E-state index in [0.29, 0.717) is 30.0 Å². The molecule has 0 aliphatic heterocycles. The van der Waals surface area contributed by atoms with Crippen molar-refractivity contribution in [2.45, 2.75) is 44.7 Å². The first kappa shape index (κ1) is 16.0. The Morgan fingerprint density at radius 2 is 1.95 bits per heavy atom. The molecule has 0 amide bonds. The van der Waals surface area contributed by atoms with Gasteiger partial charge >= 0.3 is 0 Å². The third-order valence-corrected chi connectivity index (χ3v) is 4.33. The first-order valence-corrected chi connectivity index (χ1v) is 7.76. The molecule has 1 aliphatic rings. The average molecular weight is 290 g/mol. The summed E-state index contributed by atoms with van der Waals surface area (Å²) in [5, 5.41) is 0. The van der Waals surface area contributed by atoms with Gasteiger partial charge in [-0.15, -0.1) is 0 Å². The number of hydrogen-bond donors (Lipinski definition) is 1. The first-order chi connectivity index (χ1) is 10.1. The quantitative estimate of drug-likeness (QED) is 0.818. The molecule has 1 aromatic carbocycles. The van der Waals surface area contributed by atoms with Crippen LogP contribution in [0.3, 0.4) is 0 Å². The molecule has 1 saturated carbocycles. The van der Waals surface area contributed by atoms with Crippen molar-refractivity contribution in [2.75, 3.05) is 20.2 Å². The highest BCUT2D eigenvalue weighted by atomic mass is 16.5. The first-order valence-electron chi connectivity index (χ1n) is 7.76. The number of carbonyl (C=O) groups excluding carboxylic acids is 1. The van der Waals surface area contributed by atoms with Crippen molar-refractivity contribution in [1.82, 2.24) is 4.90 Å². The number of rotatable bonds is 6. The van der Waals surface area contributed by atoms with Crippen molar-refractivity contribution in [1.29, 1.82) is 0 Å². The van der Waals surface area contributed by atoms with Gasteiger partial charge in [-0.25, -0.2) is 0 Å². The molecule has 116 valence electrons. The van der Waals surface area contributed by atoms with Gasteiger partial charge in [-0.05, 0) is 51.8 Å². The number of hydrogen-bond acceptors (Lipinski definition) is 4. The van der Waals surface area contributed by atoms with Gasteiger partial charge in [0.15, 0.2) is 5.78 Å². The number of likely N-dealkylation sites (N-methyl/N-ethyl adjacent to an activating group) is 1. The SMILES string of the molecule is CC(=O)c1ccccc1OCCN(C)C1CCC(N)CC1. The Morgan fingerprint density at radius 1 is 1.29 bits per heavy atom. The van der Waals surface area contributed by atoms with Gasteiger partial charge in [0.1, 0.15) is 12.4 Å². The van der Waals surface area contributed by atoms with E-state index in [1.165, 1.54) is 12.8 Å². The van der Waals surface area contributed by atoms with Gasteiger partial charge in [-0.2, -0.15) is 0 Å². The summed E-state index contributed by atoms with van der Waals surface area (Å²) in [5.41, 5.74) is 6.60. The van der Waals surface area contributed by atoms with Crippen LogP contribution in [0.5, 0.6) is 5.75 Å². The van der Waals surface area contributed by atoms with Gasteiger partial charge in [-0.3, -0.25) is 4.79 Å². The molecule has 0 radical (unpaired) electrons. The summed E-state index contributed by atoms with van der Waals surface area (Å²) in [5.74, 6) is 0.726. The normalized spacial score (nSPS) is 22.3. The molecule has 0 unspecified atom stereocenters. The van der Waals surface area contributed by atoms with E-state index in [-0.39, 0.29) is 5.78 Å². The Morgan fingerprint density at radius 3 is 2.62 bits per heavy atom. The van der Waals surface area contributed by atoms with E-state index in [2.05, 4.69) is 11.9 Å². The van der Waals surface area contributed by atoms with Crippen LogP contribution >= 0.6 is 0 Å². The molecule has 4 heteroatoms. The highest BCUT2D eigenvalue weighted by molar-refractivity contribution is 5.96. The third kappa shape index (κ3) is 4.55. The maximum atomic E-state index is 11.5. The number of nitrogens with two attached hydrogens (primary N) is 1. The molecule has 1 aromatic rings. The van der Waals surface area contributed by atoms with Gasteiger partial charge < -0.3 is 15.4 Å². The minimum Gasteiger partial charge on any atom is -0.491 e. The molecule has 1 fully saturated rings. The van der Waals surface area contributed by atoms with Gasteiger partial charge in [0.25, 0.3) is 0 Å². The lowest BCUT2D eigenvalue weighted by molar-refractivity contribution is 0.101. The highest BCUT2D eigenvalue weighted by Crippen LogP contribution is 2.21. The zero-order valence-electron chi connectivity index (χ0n) is 13.0. The molecule has 0 bridgehead atoms. The summed E-state index contributed by atoms with van der Waals surface area (Å²) in [6, 6.07) is 8.42. The van der Waals surface area contributed by atoms with E-state index in [1.807, 2.05) is 24.3 Å². The molecule has 0 atom stereocenters. The zero-order chi connectivity index (χ0) is 15.2. The minimum absolute atomic E-state index is 0.0419. The Labute approximate surface area is 127 Å². The van der Waals surface area contributed by atoms with Crippen molar-refractivity contribution in [2.24, 2.45) is 5.73 Å². The lowest BCUT2D eigenvalue weighted by Gasteiger charge is -2.33. The van der Waals surface area contributed by atoms with Crippen molar-refractivity contribution < 1.29 is 9.53 Å². The molecular weight excluding hydrogens is 264 g/mol. The number of carbonyl (C=O) groups is 1. The molecule has 0 spiro atoms. The molecule has 0 heterocycles. The summed E-state index contributed by atoms with van der Waals surface area (Å²) in [6.07, 6.45) is 4.56. The van der Waals surface area contributed by atoms with E-state index in [0.717, 1.165) is 19.4 Å². The maximum Gasteiger partial charge on any atom is 0.163 e. The van der Waals surface area contributed by atoms with E-state index < -0.39 is 0 Å². The predicted molar refractivity (Wildman–Crippen MR) is 84.8 cm³/mol. The van der Waals surface area contributed by atoms with Crippen LogP contribution in [0.1, 0.15) is 43.0 Å². The number of ether oxygens (including phenoxy) is 1. The second kappa shape index (κ2) is 7.57. The molecule has 4 nitrogen and oxygen atoms in total. The number of Topliss-reactive ketones (excluding diaryl/α,β-unsaturated/α-hetero) is 1. The molecule has 1 aliphatic carbocycles. The van der Waals surface area contributed by atoms with Crippen molar-refractivity contribution in [3.8, 4) is 5.75 Å². The van der Waals surface area contributed by atoms with Crippen LogP contribution in [-0.4, -0.2) is 43.0 Å². The molecule has 21 heavy (non-hydrogen) atoms. The molecule has 2 rings (SSSR count). The number of nitrogens with zero attached hydrogens (tertiary/aromatic N) is 1. The minimum atomic E-state index is 0.0419. The Bertz CT molecular complexity index is 468. The molecule has 0 aromatic heterocycles. The molecule has 0 saturated heterocycles. The van der Waals surface area contributed by atoms with Crippen molar-refractivity contribution >= 4 is 5.78 Å². The zero-order valence-corrected chi connectivity index (χ0v) is 13.0. The fourth-order valence-electron chi connectivity index (χ4n) is 2.91. The summed E-state index contributed by atoms with van der Waals surface area (Å²) >= 11 is 0. The Hall–Kier alpha value is -1.39. The fourth-order valence-corrected chi connectivity index (χ4v) is 2.91. The predicted octanol–water partition coefficient (Wildman–Crippen LogP) is 2.47. The van der Waals surface area contributed by atoms with Crippen LogP contribution in [0.15, 0.2) is 24.3 Å². The van der Waals surface area contributed by atoms with Crippen LogP contribution in [0, 0.1) is 0 Å². The number of benzene rings is 1. The summed E-state index contributed by atoms with van der Waals surface area (Å²) in [4.78, 5) is 13.9. The second-order valence-electron chi connectivity index (χ2n) is 5.95. The highest BCUT2D eigenvalue weighted by Gasteiger charge is 2.21. The van der Waals surface area contributed by atoms with E-state index >= 15 is 0 Å². The number of para-hydroxylation sites is 1. The summed E-state index contributed by atoms with van der Waals surface area (Å²) in [6.45, 7) is 3.04. The topological polar surface area (TPSA) is 55.6 Å². The van der Waals surface area contributed by atoms with E-state index in [1.54, 1.807) is 6.92 Å². The average Bonchev–Trinajstić information content (AvgIpc) is 2.48. The second-order valence-corrected chi connectivity index (χ2v) is 5.95. The lowest BCUT2D eigenvalue weighted by Crippen LogP contribution is -2.40. The van der Waals surface area contributed by atoms with Gasteiger partial charge in [0.2, 0.25) is 0 Å². The van der Waals surface area contributed by atoms with E-state index in [4.69, 9.17) is 10.5 Å². The Kier molecular flexibility index (Phi) is 5.76. The van der Waals surface area contributed by atoms with Crippen LogP contribution in [0.4, 0.5) is 0 Å². The summed E-state index contributed by atoms with van der Waals surface area (Å²) < 4.78 is 5.79. The fraction of sp³-hybridized carbons (Fsp3) is 0.588. The Balaban J connectivity index is 1.80. The van der Waals surface area contributed by atoms with Crippen LogP contribution in [0.25, 0.3) is 0 Å². The standard InChI is InChI=1S/C17H26N2O2/c1-13(20)16-5-3-4-6-17(16)21-12-11-19(2)15-9-7-14(18)8-10-15/h3-6,14-15H,7-12,18H2,1-2H3. The van der Waals surface area contributed by atoms with Gasteiger partial charge in [0.05, 0.1) is 5.56 Å². The van der Waals surface area contributed by atoms with Crippen molar-refractivity contribution in [3.63, 3.8) is 0 Å². The van der Waals surface area contributed by atoms with E-state index in [9.17, 15) is 4.79 Å². The molecule has 2 N–H and O–H groups in total. The van der Waals surface area contributed by atoms with Gasteiger partial charge in [0, 0.05) is 18.6 Å². The molecular formula is C17H26N2O2. The van der Waals surface area contributed by atoms with Crippen LogP contribution < -0.4 is 10.5 Å². The smallest absolute Gasteiger partial charge is 0.163 e. The van der Waals surface area contributed by atoms with Crippen LogP contribution in [0.2, 0.25) is 0 Å². The van der Waals surface area contributed by atoms with Crippen LogP contribution in [-0.2, 0) is 0 Å². The largest absolute Gasteiger partial charge is 0.491 e. The van der Waals surface area contributed by atoms with Crippen molar-refractivity contribution in [3.05, 3.63) is 29.8 Å². The lowest BCUT2D eigenvalue weighted by atomic mass is 9.91. The number of ketones is 1. The maximum absolute atomic E-state index is 11.5. The van der Waals surface area contributed by atoms with Gasteiger partial charge in [-0.1, -0.05) is 12.1 Å². The monoisotopic (exact) mass is 290 g/mol.